The molecule has 3 saturated heterocycles. The van der Waals surface area contributed by atoms with E-state index >= 15 is 0 Å². The second-order valence-electron chi connectivity index (χ2n) is 12.3. The van der Waals surface area contributed by atoms with Crippen LogP contribution in [0.5, 0.6) is 0 Å². The monoisotopic (exact) mass is 567 g/mol. The van der Waals surface area contributed by atoms with Crippen LogP contribution in [0.2, 0.25) is 0 Å². The van der Waals surface area contributed by atoms with Crippen molar-refractivity contribution in [1.82, 2.24) is 9.80 Å². The predicted molar refractivity (Wildman–Crippen MR) is 162 cm³/mol. The first-order valence-corrected chi connectivity index (χ1v) is 15.4. The maximum Gasteiger partial charge on any atom is 0.247 e. The molecule has 6 atom stereocenters. The van der Waals surface area contributed by atoms with Gasteiger partial charge in [-0.1, -0.05) is 37.3 Å². The Morgan fingerprint density at radius 1 is 1.10 bits per heavy atom. The summed E-state index contributed by atoms with van der Waals surface area (Å²) >= 11 is 1.71. The number of aliphatic hydroxyl groups is 1. The molecule has 2 bridgehead atoms. The minimum Gasteiger partial charge on any atom is -0.396 e. The molecule has 1 spiro atoms. The van der Waals surface area contributed by atoms with Gasteiger partial charge in [0.25, 0.3) is 0 Å². The summed E-state index contributed by atoms with van der Waals surface area (Å²) in [6.07, 6.45) is 6.37. The first kappa shape index (κ1) is 30.4. The predicted octanol–water partition coefficient (Wildman–Crippen LogP) is 4.52. The van der Waals surface area contributed by atoms with Gasteiger partial charge in [-0.15, -0.1) is 24.9 Å². The molecule has 0 aliphatic carbocycles. The summed E-state index contributed by atoms with van der Waals surface area (Å²) in [6.45, 7) is 17.2. The lowest BCUT2D eigenvalue weighted by Crippen LogP contribution is -2.60. The first-order valence-electron chi connectivity index (χ1n) is 14.5. The number of unbranched alkanes of at least 4 members (excludes halogenated alkanes) is 2. The standard InChI is InChI=1S/C32H45N3O4S/c1-7-17-33(23-15-11-9-12-16-23)28(37)25-24-21-22(3)32(40-24)26(25)29(38)34(19-13-10-14-20-36)27(32)30(39)35(18-8-2)31(4,5)6/h7-9,11-12,15-16,22,24-27,36H,1-2,10,13-14,17-21H2,3-6H3/t22?,24-,25+,26-,27?,32?/m0/s1. The average molecular weight is 568 g/mol. The Labute approximate surface area is 243 Å². The van der Waals surface area contributed by atoms with Crippen LogP contribution in [0.15, 0.2) is 55.6 Å². The summed E-state index contributed by atoms with van der Waals surface area (Å²) in [4.78, 5) is 48.7. The van der Waals surface area contributed by atoms with E-state index in [0.717, 1.165) is 18.5 Å². The minimum absolute atomic E-state index is 0.0261. The Bertz CT molecular complexity index is 1120. The fraction of sp³-hybridized carbons (Fsp3) is 0.594. The van der Waals surface area contributed by atoms with E-state index in [1.54, 1.807) is 33.7 Å². The largest absolute Gasteiger partial charge is 0.396 e. The quantitative estimate of drug-likeness (QED) is 0.297. The highest BCUT2D eigenvalue weighted by Crippen LogP contribution is 2.69. The van der Waals surface area contributed by atoms with E-state index in [4.69, 9.17) is 0 Å². The van der Waals surface area contributed by atoms with Gasteiger partial charge in [-0.2, -0.15) is 0 Å². The number of fused-ring (bicyclic) bond motifs is 1. The number of anilines is 1. The van der Waals surface area contributed by atoms with Crippen LogP contribution in [-0.4, -0.2) is 80.4 Å². The van der Waals surface area contributed by atoms with Gasteiger partial charge in [-0.3, -0.25) is 14.4 Å². The van der Waals surface area contributed by atoms with Crippen molar-refractivity contribution in [3.05, 3.63) is 55.6 Å². The zero-order chi connectivity index (χ0) is 29.2. The van der Waals surface area contributed by atoms with E-state index in [1.165, 1.54) is 0 Å². The molecule has 3 fully saturated rings. The zero-order valence-corrected chi connectivity index (χ0v) is 25.2. The van der Waals surface area contributed by atoms with E-state index in [0.29, 0.717) is 32.5 Å². The Kier molecular flexibility index (Phi) is 9.20. The number of rotatable bonds is 12. The van der Waals surface area contributed by atoms with E-state index in [-0.39, 0.29) is 35.5 Å². The summed E-state index contributed by atoms with van der Waals surface area (Å²) in [5, 5.41) is 9.28. The van der Waals surface area contributed by atoms with Crippen molar-refractivity contribution in [2.45, 2.75) is 75.0 Å². The molecule has 40 heavy (non-hydrogen) atoms. The van der Waals surface area contributed by atoms with Crippen molar-refractivity contribution in [2.75, 3.05) is 31.1 Å². The van der Waals surface area contributed by atoms with Gasteiger partial charge in [-0.05, 0) is 64.5 Å². The zero-order valence-electron chi connectivity index (χ0n) is 24.4. The Balaban J connectivity index is 1.78. The lowest BCUT2D eigenvalue weighted by molar-refractivity contribution is -0.145. The van der Waals surface area contributed by atoms with Crippen LogP contribution in [0.3, 0.4) is 0 Å². The molecule has 1 aromatic rings. The maximum atomic E-state index is 14.6. The van der Waals surface area contributed by atoms with Crippen LogP contribution in [0.1, 0.15) is 53.4 Å². The average Bonchev–Trinajstić information content (AvgIpc) is 3.51. The van der Waals surface area contributed by atoms with Gasteiger partial charge in [0.05, 0.1) is 16.6 Å². The molecule has 8 heteroatoms. The highest BCUT2D eigenvalue weighted by molar-refractivity contribution is 8.02. The number of aliphatic hydroxyl groups excluding tert-OH is 1. The smallest absolute Gasteiger partial charge is 0.247 e. The molecular weight excluding hydrogens is 522 g/mol. The molecule has 0 aromatic heterocycles. The fourth-order valence-corrected chi connectivity index (χ4v) is 9.51. The third-order valence-corrected chi connectivity index (χ3v) is 10.9. The van der Waals surface area contributed by atoms with Gasteiger partial charge in [0, 0.05) is 42.7 Å². The number of para-hydroxylation sites is 1. The summed E-state index contributed by atoms with van der Waals surface area (Å²) in [7, 11) is 0. The summed E-state index contributed by atoms with van der Waals surface area (Å²) in [6, 6.07) is 8.90. The van der Waals surface area contributed by atoms with E-state index in [1.807, 2.05) is 56.0 Å². The van der Waals surface area contributed by atoms with Gasteiger partial charge in [0.2, 0.25) is 17.7 Å². The molecule has 3 aliphatic heterocycles. The normalized spacial score (nSPS) is 28.9. The molecule has 7 nitrogen and oxygen atoms in total. The number of thioether (sulfide) groups is 1. The van der Waals surface area contributed by atoms with Gasteiger partial charge in [0.15, 0.2) is 0 Å². The Morgan fingerprint density at radius 2 is 1.77 bits per heavy atom. The fourth-order valence-electron chi connectivity index (χ4n) is 7.10. The van der Waals surface area contributed by atoms with Crippen molar-refractivity contribution >= 4 is 35.2 Å². The second-order valence-corrected chi connectivity index (χ2v) is 13.9. The third-order valence-electron chi connectivity index (χ3n) is 8.85. The van der Waals surface area contributed by atoms with Crippen molar-refractivity contribution < 1.29 is 19.5 Å². The van der Waals surface area contributed by atoms with Gasteiger partial charge >= 0.3 is 0 Å². The van der Waals surface area contributed by atoms with Crippen molar-refractivity contribution in [3.63, 3.8) is 0 Å². The molecular formula is C32H45N3O4S. The Hall–Kier alpha value is -2.58. The van der Waals surface area contributed by atoms with Gasteiger partial charge in [-0.25, -0.2) is 0 Å². The van der Waals surface area contributed by atoms with Crippen LogP contribution < -0.4 is 4.90 Å². The third kappa shape index (κ3) is 5.13. The molecule has 3 amide bonds. The molecule has 0 saturated carbocycles. The first-order chi connectivity index (χ1) is 19.0. The van der Waals surface area contributed by atoms with E-state index in [9.17, 15) is 19.5 Å². The van der Waals surface area contributed by atoms with Crippen molar-refractivity contribution in [2.24, 2.45) is 17.8 Å². The topological polar surface area (TPSA) is 81.2 Å². The molecule has 3 heterocycles. The molecule has 1 aromatic carbocycles. The SMILES string of the molecule is C=CCN(C(=O)[C@@H]1[C@@H]2CC(C)C3(S2)C(C(=O)N(CC=C)C(C)(C)C)N(CCCCCO)C(=O)[C@H]13)c1ccccc1. The highest BCUT2D eigenvalue weighted by Gasteiger charge is 2.76. The number of benzene rings is 1. The van der Waals surface area contributed by atoms with Crippen LogP contribution in [0, 0.1) is 17.8 Å². The maximum absolute atomic E-state index is 14.6. The Morgan fingerprint density at radius 3 is 2.38 bits per heavy atom. The molecule has 4 rings (SSSR count). The number of carbonyl (C=O) groups is 3. The van der Waals surface area contributed by atoms with E-state index in [2.05, 4.69) is 20.1 Å². The molecule has 218 valence electrons. The van der Waals surface area contributed by atoms with E-state index < -0.39 is 28.2 Å². The van der Waals surface area contributed by atoms with Crippen LogP contribution in [0.25, 0.3) is 0 Å². The van der Waals surface area contributed by atoms with Crippen molar-refractivity contribution in [1.29, 1.82) is 0 Å². The number of likely N-dealkylation sites (tertiary alicyclic amines) is 1. The highest BCUT2D eigenvalue weighted by atomic mass is 32.2. The summed E-state index contributed by atoms with van der Waals surface area (Å²) in [5.74, 6) is -1.18. The van der Waals surface area contributed by atoms with Crippen LogP contribution in [-0.2, 0) is 14.4 Å². The van der Waals surface area contributed by atoms with Crippen LogP contribution >= 0.6 is 11.8 Å². The molecule has 3 aliphatic rings. The summed E-state index contributed by atoms with van der Waals surface area (Å²) in [5.41, 5.74) is 0.325. The summed E-state index contributed by atoms with van der Waals surface area (Å²) < 4.78 is -0.669. The van der Waals surface area contributed by atoms with Crippen LogP contribution in [0.4, 0.5) is 5.69 Å². The number of carbonyl (C=O) groups excluding carboxylic acids is 3. The second kappa shape index (κ2) is 12.1. The van der Waals surface area contributed by atoms with Crippen molar-refractivity contribution in [3.8, 4) is 0 Å². The lowest BCUT2D eigenvalue weighted by atomic mass is 9.65. The molecule has 1 N–H and O–H groups in total. The van der Waals surface area contributed by atoms with Gasteiger partial charge < -0.3 is 19.8 Å². The number of amides is 3. The molecule has 0 radical (unpaired) electrons. The minimum atomic E-state index is -0.669. The van der Waals surface area contributed by atoms with Gasteiger partial charge in [0.1, 0.15) is 6.04 Å². The number of hydrogen-bond acceptors (Lipinski definition) is 5. The number of hydrogen-bond donors (Lipinski definition) is 1. The number of nitrogens with zero attached hydrogens (tertiary/aromatic N) is 3. The molecule has 3 unspecified atom stereocenters. The lowest BCUT2D eigenvalue weighted by Gasteiger charge is -2.44.